The third-order valence-electron chi connectivity index (χ3n) is 4.76. The van der Waals surface area contributed by atoms with Gasteiger partial charge in [0.15, 0.2) is 9.84 Å². The normalized spacial score (nSPS) is 18.4. The van der Waals surface area contributed by atoms with Gasteiger partial charge in [0.05, 0.1) is 34.9 Å². The van der Waals surface area contributed by atoms with E-state index in [0.29, 0.717) is 35.0 Å². The van der Waals surface area contributed by atoms with Crippen molar-refractivity contribution >= 4 is 27.3 Å². The zero-order valence-electron chi connectivity index (χ0n) is 15.4. The van der Waals surface area contributed by atoms with Gasteiger partial charge < -0.3 is 14.2 Å². The Labute approximate surface area is 164 Å². The second-order valence-corrected chi connectivity index (χ2v) is 9.29. The summed E-state index contributed by atoms with van der Waals surface area (Å²) in [6.07, 6.45) is 4.91. The third-order valence-corrected chi connectivity index (χ3v) is 6.81. The summed E-state index contributed by atoms with van der Waals surface area (Å²) in [4.78, 5) is 14.9. The number of hydrogen-bond acceptors (Lipinski definition) is 4. The summed E-state index contributed by atoms with van der Waals surface area (Å²) in [7, 11) is -1.59. The first-order valence-corrected chi connectivity index (χ1v) is 11.1. The highest BCUT2D eigenvalue weighted by Crippen LogP contribution is 2.32. The van der Waals surface area contributed by atoms with E-state index in [0.717, 1.165) is 6.42 Å². The van der Waals surface area contributed by atoms with E-state index < -0.39 is 9.84 Å². The molecule has 0 bridgehead atoms. The van der Waals surface area contributed by atoms with Crippen LogP contribution in [0.1, 0.15) is 30.1 Å². The lowest BCUT2D eigenvalue weighted by molar-refractivity contribution is 0.0693. The van der Waals surface area contributed by atoms with Crippen LogP contribution in [0.4, 0.5) is 0 Å². The molecule has 0 spiro atoms. The lowest BCUT2D eigenvalue weighted by atomic mass is 10.1. The van der Waals surface area contributed by atoms with Gasteiger partial charge in [-0.1, -0.05) is 18.5 Å². The monoisotopic (exact) mass is 410 g/mol. The number of carbonyl (C=O) groups is 1. The van der Waals surface area contributed by atoms with Crippen molar-refractivity contribution in [2.75, 3.05) is 25.2 Å². The molecule has 1 aliphatic rings. The molecular weight excluding hydrogens is 388 g/mol. The van der Waals surface area contributed by atoms with Crippen LogP contribution in [0.15, 0.2) is 36.7 Å². The van der Waals surface area contributed by atoms with Crippen LogP contribution in [0.2, 0.25) is 5.02 Å². The first-order valence-electron chi connectivity index (χ1n) is 8.88. The van der Waals surface area contributed by atoms with Crippen LogP contribution in [0.25, 0.3) is 5.69 Å². The molecule has 0 aliphatic carbocycles. The summed E-state index contributed by atoms with van der Waals surface area (Å²) >= 11 is 6.44. The van der Waals surface area contributed by atoms with E-state index in [1.807, 2.05) is 36.0 Å². The molecule has 3 rings (SSSR count). The van der Waals surface area contributed by atoms with Crippen molar-refractivity contribution in [3.63, 3.8) is 0 Å². The van der Waals surface area contributed by atoms with Gasteiger partial charge in [-0.3, -0.25) is 4.79 Å². The summed E-state index contributed by atoms with van der Waals surface area (Å²) in [5.74, 6) is 0.290. The summed E-state index contributed by atoms with van der Waals surface area (Å²) in [5, 5.41) is 0.422. The molecule has 0 radical (unpaired) electrons. The van der Waals surface area contributed by atoms with Crippen molar-refractivity contribution < 1.29 is 17.9 Å². The number of hydrogen-bond donors (Lipinski definition) is 0. The van der Waals surface area contributed by atoms with Gasteiger partial charge in [0.1, 0.15) is 5.75 Å². The van der Waals surface area contributed by atoms with Crippen molar-refractivity contribution in [1.82, 2.24) is 9.47 Å². The number of aromatic nitrogens is 1. The van der Waals surface area contributed by atoms with Crippen LogP contribution in [0.5, 0.6) is 5.75 Å². The van der Waals surface area contributed by atoms with E-state index in [9.17, 15) is 13.2 Å². The molecular formula is C19H23ClN2O4S. The molecule has 1 atom stereocenters. The Kier molecular flexibility index (Phi) is 5.81. The number of carbonyl (C=O) groups excluding carboxylic acids is 1. The maximum Gasteiger partial charge on any atom is 0.257 e. The number of ether oxygens (including phenoxy) is 1. The first-order chi connectivity index (χ1) is 12.9. The fourth-order valence-corrected chi connectivity index (χ4v) is 5.43. The zero-order valence-corrected chi connectivity index (χ0v) is 17.0. The Morgan fingerprint density at radius 3 is 2.59 bits per heavy atom. The van der Waals surface area contributed by atoms with Crippen LogP contribution in [-0.4, -0.2) is 55.0 Å². The number of rotatable bonds is 6. The van der Waals surface area contributed by atoms with Crippen LogP contribution in [0.3, 0.4) is 0 Å². The van der Waals surface area contributed by atoms with Gasteiger partial charge in [0, 0.05) is 31.0 Å². The molecule has 1 saturated heterocycles. The fourth-order valence-electron chi connectivity index (χ4n) is 3.44. The van der Waals surface area contributed by atoms with Crippen molar-refractivity contribution in [3.8, 4) is 11.4 Å². The highest BCUT2D eigenvalue weighted by molar-refractivity contribution is 7.91. The molecule has 1 fully saturated rings. The molecule has 1 unspecified atom stereocenters. The molecule has 27 heavy (non-hydrogen) atoms. The summed E-state index contributed by atoms with van der Waals surface area (Å²) in [6, 6.07) is 6.78. The maximum absolute atomic E-state index is 13.2. The molecule has 1 aromatic heterocycles. The van der Waals surface area contributed by atoms with E-state index in [2.05, 4.69) is 0 Å². The lowest BCUT2D eigenvalue weighted by Crippen LogP contribution is -2.41. The smallest absolute Gasteiger partial charge is 0.257 e. The minimum absolute atomic E-state index is 0.0102. The predicted molar refractivity (Wildman–Crippen MR) is 106 cm³/mol. The number of nitrogens with zero attached hydrogens (tertiary/aromatic N) is 2. The molecule has 0 N–H and O–H groups in total. The van der Waals surface area contributed by atoms with Crippen LogP contribution < -0.4 is 4.74 Å². The standard InChI is InChI=1S/C19H23ClN2O4S/c1-3-7-22(14-6-10-27(24,25)13-14)19(23)15-11-16(20)17(12-18(15)26-2)21-8-4-5-9-21/h4-5,8-9,11-12,14H,3,6-7,10,13H2,1-2H3. The lowest BCUT2D eigenvalue weighted by Gasteiger charge is -2.28. The minimum Gasteiger partial charge on any atom is -0.496 e. The maximum atomic E-state index is 13.2. The molecule has 1 aliphatic heterocycles. The van der Waals surface area contributed by atoms with Gasteiger partial charge in [-0.25, -0.2) is 8.42 Å². The number of methoxy groups -OCH3 is 1. The van der Waals surface area contributed by atoms with Crippen LogP contribution in [-0.2, 0) is 9.84 Å². The largest absolute Gasteiger partial charge is 0.496 e. The Balaban J connectivity index is 1.98. The molecule has 1 aromatic carbocycles. The third kappa shape index (κ3) is 4.14. The number of benzene rings is 1. The van der Waals surface area contributed by atoms with E-state index in [4.69, 9.17) is 16.3 Å². The molecule has 2 aromatic rings. The molecule has 2 heterocycles. The first kappa shape index (κ1) is 19.8. The second-order valence-electron chi connectivity index (χ2n) is 6.65. The number of halogens is 1. The van der Waals surface area contributed by atoms with E-state index in [-0.39, 0.29) is 23.5 Å². The van der Waals surface area contributed by atoms with Crippen LogP contribution >= 0.6 is 11.6 Å². The van der Waals surface area contributed by atoms with Crippen molar-refractivity contribution in [2.45, 2.75) is 25.8 Å². The van der Waals surface area contributed by atoms with Gasteiger partial charge in [-0.15, -0.1) is 0 Å². The Morgan fingerprint density at radius 1 is 1.33 bits per heavy atom. The van der Waals surface area contributed by atoms with Crippen molar-refractivity contribution in [2.24, 2.45) is 0 Å². The number of amides is 1. The summed E-state index contributed by atoms with van der Waals surface area (Å²) in [6.45, 7) is 2.45. The SMILES string of the molecule is CCCN(C(=O)c1cc(Cl)c(-n2cccc2)cc1OC)C1CCS(=O)(=O)C1. The number of sulfone groups is 1. The van der Waals surface area contributed by atoms with Gasteiger partial charge in [-0.2, -0.15) is 0 Å². The molecule has 8 heteroatoms. The average Bonchev–Trinajstić information content (AvgIpc) is 3.28. The van der Waals surface area contributed by atoms with Gasteiger partial charge in [0.2, 0.25) is 0 Å². The molecule has 0 saturated carbocycles. The molecule has 146 valence electrons. The van der Waals surface area contributed by atoms with Gasteiger partial charge >= 0.3 is 0 Å². The quantitative estimate of drug-likeness (QED) is 0.733. The molecule has 1 amide bonds. The van der Waals surface area contributed by atoms with E-state index in [1.54, 1.807) is 17.0 Å². The van der Waals surface area contributed by atoms with Crippen molar-refractivity contribution in [1.29, 1.82) is 0 Å². The summed E-state index contributed by atoms with van der Waals surface area (Å²) in [5.41, 5.74) is 1.05. The van der Waals surface area contributed by atoms with Crippen molar-refractivity contribution in [3.05, 3.63) is 47.2 Å². The van der Waals surface area contributed by atoms with Crippen LogP contribution in [0, 0.1) is 0 Å². The second kappa shape index (κ2) is 7.94. The molecule has 6 nitrogen and oxygen atoms in total. The predicted octanol–water partition coefficient (Wildman–Crippen LogP) is 3.18. The van der Waals surface area contributed by atoms with E-state index >= 15 is 0 Å². The Hall–Kier alpha value is -1.99. The Bertz CT molecular complexity index is 925. The van der Waals surface area contributed by atoms with Gasteiger partial charge in [0.25, 0.3) is 5.91 Å². The highest BCUT2D eigenvalue weighted by atomic mass is 35.5. The fraction of sp³-hybridized carbons (Fsp3) is 0.421. The Morgan fingerprint density at radius 2 is 2.04 bits per heavy atom. The minimum atomic E-state index is -3.09. The highest BCUT2D eigenvalue weighted by Gasteiger charge is 2.35. The average molecular weight is 411 g/mol. The zero-order chi connectivity index (χ0) is 19.6. The van der Waals surface area contributed by atoms with E-state index in [1.165, 1.54) is 7.11 Å². The van der Waals surface area contributed by atoms with Gasteiger partial charge in [-0.05, 0) is 31.0 Å². The topological polar surface area (TPSA) is 68.6 Å². The summed E-state index contributed by atoms with van der Waals surface area (Å²) < 4.78 is 31.0.